The van der Waals surface area contributed by atoms with Gasteiger partial charge in [0.15, 0.2) is 0 Å². The van der Waals surface area contributed by atoms with Gasteiger partial charge in [0.25, 0.3) is 5.91 Å². The molecule has 0 radical (unpaired) electrons. The van der Waals surface area contributed by atoms with Crippen molar-refractivity contribution >= 4 is 38.4 Å². The van der Waals surface area contributed by atoms with E-state index in [1.54, 1.807) is 11.0 Å². The first-order valence-electron chi connectivity index (χ1n) is 12.1. The van der Waals surface area contributed by atoms with Gasteiger partial charge in [0, 0.05) is 18.5 Å². The molecule has 0 unspecified atom stereocenters. The molecule has 0 atom stereocenters. The lowest BCUT2D eigenvalue weighted by molar-refractivity contribution is 0.0303. The monoisotopic (exact) mass is 526 g/mol. The minimum absolute atomic E-state index is 0.0349. The molecule has 3 aromatic rings. The minimum Gasteiger partial charge on any atom is -0.465 e. The van der Waals surface area contributed by atoms with Crippen LogP contribution < -0.4 is 9.46 Å². The van der Waals surface area contributed by atoms with E-state index in [2.05, 4.69) is 4.72 Å². The maximum atomic E-state index is 13.5. The molecule has 0 aliphatic carbocycles. The summed E-state index contributed by atoms with van der Waals surface area (Å²) in [5, 5.41) is 1.73. The highest BCUT2D eigenvalue weighted by atomic mass is 32.2. The SMILES string of the molecule is CCCCS(=O)(=O)Nc1c(C(=O)N2CCOCC2)ccc(Oc2cccc3ccccc23)c1C(=O)OC. The Morgan fingerprint density at radius 1 is 1.00 bits per heavy atom. The summed E-state index contributed by atoms with van der Waals surface area (Å²) >= 11 is 0. The number of fused-ring (bicyclic) bond motifs is 1. The second-order valence-corrected chi connectivity index (χ2v) is 10.5. The third-order valence-corrected chi connectivity index (χ3v) is 7.42. The van der Waals surface area contributed by atoms with E-state index >= 15 is 0 Å². The second-order valence-electron chi connectivity index (χ2n) is 8.61. The molecule has 0 spiro atoms. The standard InChI is InChI=1S/C27H30N2O7S/c1-3-4-18-37(32,33)28-25-21(26(30)29-14-16-35-17-15-29)12-13-23(24(25)27(31)34-2)36-22-11-7-9-19-8-5-6-10-20(19)22/h5-13,28H,3-4,14-18H2,1-2H3. The molecule has 1 fully saturated rings. The van der Waals surface area contributed by atoms with E-state index in [0.717, 1.165) is 10.8 Å². The highest BCUT2D eigenvalue weighted by molar-refractivity contribution is 7.92. The highest BCUT2D eigenvalue weighted by Crippen LogP contribution is 2.37. The topological polar surface area (TPSA) is 111 Å². The van der Waals surface area contributed by atoms with Crippen molar-refractivity contribution in [3.63, 3.8) is 0 Å². The predicted octanol–water partition coefficient (Wildman–Crippen LogP) is 4.43. The molecular formula is C27H30N2O7S. The normalized spacial score (nSPS) is 13.8. The van der Waals surface area contributed by atoms with Crippen LogP contribution in [-0.4, -0.2) is 64.4 Å². The van der Waals surface area contributed by atoms with E-state index in [1.165, 1.54) is 19.2 Å². The summed E-state index contributed by atoms with van der Waals surface area (Å²) in [5.41, 5.74) is -0.292. The van der Waals surface area contributed by atoms with E-state index in [0.29, 0.717) is 44.9 Å². The van der Waals surface area contributed by atoms with Gasteiger partial charge in [-0.05, 0) is 30.0 Å². The molecule has 0 aromatic heterocycles. The Labute approximate surface area is 216 Å². The number of morpholine rings is 1. The summed E-state index contributed by atoms with van der Waals surface area (Å²) in [5.74, 6) is -0.882. The number of rotatable bonds is 9. The van der Waals surface area contributed by atoms with Crippen LogP contribution in [0.2, 0.25) is 0 Å². The summed E-state index contributed by atoms with van der Waals surface area (Å²) in [7, 11) is -2.69. The summed E-state index contributed by atoms with van der Waals surface area (Å²) in [6.45, 7) is 3.32. The van der Waals surface area contributed by atoms with Crippen LogP contribution in [0, 0.1) is 0 Å². The van der Waals surface area contributed by atoms with Gasteiger partial charge in [-0.1, -0.05) is 49.7 Å². The maximum absolute atomic E-state index is 13.5. The average molecular weight is 527 g/mol. The van der Waals surface area contributed by atoms with Crippen LogP contribution in [0.4, 0.5) is 5.69 Å². The van der Waals surface area contributed by atoms with Crippen LogP contribution >= 0.6 is 0 Å². The van der Waals surface area contributed by atoms with E-state index < -0.39 is 21.9 Å². The number of unbranched alkanes of at least 4 members (excludes halogenated alkanes) is 1. The van der Waals surface area contributed by atoms with E-state index in [1.807, 2.05) is 43.3 Å². The Bertz CT molecular complexity index is 1390. The Hall–Kier alpha value is -3.63. The molecule has 1 heterocycles. The highest BCUT2D eigenvalue weighted by Gasteiger charge is 2.30. The molecule has 0 saturated carbocycles. The molecule has 196 valence electrons. The van der Waals surface area contributed by atoms with Gasteiger partial charge < -0.3 is 19.1 Å². The molecule has 3 aromatic carbocycles. The molecule has 1 aliphatic heterocycles. The maximum Gasteiger partial charge on any atom is 0.343 e. The van der Waals surface area contributed by atoms with Crippen molar-refractivity contribution in [2.75, 3.05) is 43.9 Å². The number of carbonyl (C=O) groups is 2. The number of methoxy groups -OCH3 is 1. The molecule has 1 aliphatic rings. The van der Waals surface area contributed by atoms with Crippen molar-refractivity contribution in [3.8, 4) is 11.5 Å². The van der Waals surface area contributed by atoms with E-state index in [9.17, 15) is 18.0 Å². The van der Waals surface area contributed by atoms with Gasteiger partial charge in [-0.2, -0.15) is 0 Å². The van der Waals surface area contributed by atoms with Gasteiger partial charge in [0.2, 0.25) is 10.0 Å². The van der Waals surface area contributed by atoms with Crippen LogP contribution in [0.3, 0.4) is 0 Å². The van der Waals surface area contributed by atoms with Gasteiger partial charge in [0.05, 0.1) is 37.3 Å². The third kappa shape index (κ3) is 6.03. The fourth-order valence-corrected chi connectivity index (χ4v) is 5.43. The lowest BCUT2D eigenvalue weighted by Gasteiger charge is -2.28. The summed E-state index contributed by atoms with van der Waals surface area (Å²) in [6, 6.07) is 16.1. The number of carbonyl (C=O) groups excluding carboxylic acids is 2. The predicted molar refractivity (Wildman–Crippen MR) is 141 cm³/mol. The number of hydrogen-bond acceptors (Lipinski definition) is 7. The van der Waals surface area contributed by atoms with Crippen LogP contribution in [0.25, 0.3) is 10.8 Å². The number of nitrogens with zero attached hydrogens (tertiary/aromatic N) is 1. The van der Waals surface area contributed by atoms with Crippen molar-refractivity contribution in [2.45, 2.75) is 19.8 Å². The summed E-state index contributed by atoms with van der Waals surface area (Å²) in [4.78, 5) is 28.1. The fraction of sp³-hybridized carbons (Fsp3) is 0.333. The second kappa shape index (κ2) is 11.6. The number of amides is 1. The number of anilines is 1. The molecule has 9 nitrogen and oxygen atoms in total. The van der Waals surface area contributed by atoms with Gasteiger partial charge >= 0.3 is 5.97 Å². The summed E-state index contributed by atoms with van der Waals surface area (Å²) < 4.78 is 45.0. The average Bonchev–Trinajstić information content (AvgIpc) is 2.92. The summed E-state index contributed by atoms with van der Waals surface area (Å²) in [6.07, 6.45) is 1.08. The van der Waals surface area contributed by atoms with Crippen molar-refractivity contribution in [1.82, 2.24) is 4.90 Å². The first-order chi connectivity index (χ1) is 17.8. The molecule has 1 saturated heterocycles. The number of ether oxygens (including phenoxy) is 3. The first kappa shape index (κ1) is 26.4. The van der Waals surface area contributed by atoms with Crippen molar-refractivity contribution in [3.05, 3.63) is 65.7 Å². The quantitative estimate of drug-likeness (QED) is 0.411. The van der Waals surface area contributed by atoms with E-state index in [-0.39, 0.29) is 28.3 Å². The molecule has 10 heteroatoms. The van der Waals surface area contributed by atoms with Crippen molar-refractivity contribution in [2.24, 2.45) is 0 Å². The number of benzene rings is 3. The lowest BCUT2D eigenvalue weighted by Crippen LogP contribution is -2.41. The number of esters is 1. The molecule has 1 amide bonds. The van der Waals surface area contributed by atoms with Crippen LogP contribution in [0.15, 0.2) is 54.6 Å². The lowest BCUT2D eigenvalue weighted by atomic mass is 10.0. The number of hydrogen-bond donors (Lipinski definition) is 1. The Morgan fingerprint density at radius 2 is 1.73 bits per heavy atom. The molecule has 4 rings (SSSR count). The minimum atomic E-state index is -3.88. The Morgan fingerprint density at radius 3 is 2.46 bits per heavy atom. The number of sulfonamides is 1. The molecule has 0 bridgehead atoms. The smallest absolute Gasteiger partial charge is 0.343 e. The zero-order valence-corrected chi connectivity index (χ0v) is 21.7. The fourth-order valence-electron chi connectivity index (χ4n) is 4.14. The third-order valence-electron chi connectivity index (χ3n) is 6.08. The van der Waals surface area contributed by atoms with Gasteiger partial charge in [-0.25, -0.2) is 13.2 Å². The Balaban J connectivity index is 1.86. The zero-order chi connectivity index (χ0) is 26.4. The number of nitrogens with one attached hydrogen (secondary N) is 1. The molecule has 1 N–H and O–H groups in total. The molecular weight excluding hydrogens is 496 g/mol. The van der Waals surface area contributed by atoms with Crippen LogP contribution in [-0.2, 0) is 19.5 Å². The van der Waals surface area contributed by atoms with Crippen LogP contribution in [0.5, 0.6) is 11.5 Å². The largest absolute Gasteiger partial charge is 0.465 e. The first-order valence-corrected chi connectivity index (χ1v) is 13.8. The van der Waals surface area contributed by atoms with Gasteiger partial charge in [-0.15, -0.1) is 0 Å². The van der Waals surface area contributed by atoms with E-state index in [4.69, 9.17) is 14.2 Å². The van der Waals surface area contributed by atoms with Crippen molar-refractivity contribution < 1.29 is 32.2 Å². The zero-order valence-electron chi connectivity index (χ0n) is 20.9. The Kier molecular flexibility index (Phi) is 8.30. The molecule has 37 heavy (non-hydrogen) atoms. The van der Waals surface area contributed by atoms with Crippen molar-refractivity contribution in [1.29, 1.82) is 0 Å². The van der Waals surface area contributed by atoms with Gasteiger partial charge in [-0.3, -0.25) is 9.52 Å². The van der Waals surface area contributed by atoms with Gasteiger partial charge in [0.1, 0.15) is 17.1 Å². The van der Waals surface area contributed by atoms with Crippen LogP contribution in [0.1, 0.15) is 40.5 Å².